The van der Waals surface area contributed by atoms with Crippen molar-refractivity contribution >= 4 is 33.2 Å². The van der Waals surface area contributed by atoms with E-state index in [1.54, 1.807) is 0 Å². The summed E-state index contributed by atoms with van der Waals surface area (Å²) in [5.41, 5.74) is 7.63. The van der Waals surface area contributed by atoms with E-state index in [2.05, 4.69) is 37.6 Å². The molecule has 3 aromatic heterocycles. The van der Waals surface area contributed by atoms with E-state index in [9.17, 15) is 5.11 Å². The standard InChI is InChI=1S/C19H23N7OS/c1-17-4-10-5-18(7-17,9-19(27,6-10)8-17)22-12-11-2-3-21-14(11)24-23-13(12)15-25-26-16(20)28-15/h2-3,10,27H,4-9H2,1H3,(H2,20,26)(H2,21,22,24)/t10-,17+,18?,19?/m1/s1. The largest absolute Gasteiger partial charge is 0.390 e. The summed E-state index contributed by atoms with van der Waals surface area (Å²) in [6.45, 7) is 2.34. The molecule has 0 amide bonds. The van der Waals surface area contributed by atoms with Crippen molar-refractivity contribution in [1.29, 1.82) is 0 Å². The van der Waals surface area contributed by atoms with Gasteiger partial charge in [0.05, 0.1) is 11.3 Å². The molecule has 0 aliphatic heterocycles. The van der Waals surface area contributed by atoms with E-state index in [4.69, 9.17) is 5.73 Å². The van der Waals surface area contributed by atoms with E-state index < -0.39 is 5.60 Å². The first-order valence-electron chi connectivity index (χ1n) is 9.78. The van der Waals surface area contributed by atoms with E-state index >= 15 is 0 Å². The Morgan fingerprint density at radius 2 is 2.07 bits per heavy atom. The molecule has 8 nitrogen and oxygen atoms in total. The quantitative estimate of drug-likeness (QED) is 0.535. The van der Waals surface area contributed by atoms with Crippen LogP contribution in [0.4, 0.5) is 10.8 Å². The van der Waals surface area contributed by atoms with Crippen molar-refractivity contribution in [1.82, 2.24) is 25.4 Å². The van der Waals surface area contributed by atoms with Crippen LogP contribution in [0.2, 0.25) is 0 Å². The third-order valence-electron chi connectivity index (χ3n) is 6.83. The maximum absolute atomic E-state index is 11.3. The number of hydrogen-bond donors (Lipinski definition) is 4. The number of aromatic nitrogens is 5. The second-order valence-corrected chi connectivity index (χ2v) is 10.6. The average Bonchev–Trinajstić information content (AvgIpc) is 3.20. The molecule has 4 atom stereocenters. The highest BCUT2D eigenvalue weighted by Crippen LogP contribution is 2.63. The van der Waals surface area contributed by atoms with Crippen LogP contribution < -0.4 is 11.1 Å². The first kappa shape index (κ1) is 16.7. The van der Waals surface area contributed by atoms with Gasteiger partial charge in [0.25, 0.3) is 0 Å². The monoisotopic (exact) mass is 397 g/mol. The van der Waals surface area contributed by atoms with E-state index in [-0.39, 0.29) is 11.0 Å². The molecule has 0 spiro atoms. The summed E-state index contributed by atoms with van der Waals surface area (Å²) in [6.07, 6.45) is 7.84. The molecule has 28 heavy (non-hydrogen) atoms. The first-order valence-corrected chi connectivity index (χ1v) is 10.6. The number of fused-ring (bicyclic) bond motifs is 1. The van der Waals surface area contributed by atoms with Crippen molar-refractivity contribution in [2.75, 3.05) is 11.1 Å². The lowest BCUT2D eigenvalue weighted by atomic mass is 9.46. The zero-order chi connectivity index (χ0) is 19.1. The second kappa shape index (κ2) is 5.21. The van der Waals surface area contributed by atoms with Gasteiger partial charge >= 0.3 is 0 Å². The number of H-pyrrole nitrogens is 1. The zero-order valence-electron chi connectivity index (χ0n) is 15.7. The molecule has 0 saturated heterocycles. The van der Waals surface area contributed by atoms with Gasteiger partial charge in [-0.15, -0.1) is 20.4 Å². The van der Waals surface area contributed by atoms with Gasteiger partial charge in [0.1, 0.15) is 5.69 Å². The Morgan fingerprint density at radius 3 is 2.82 bits per heavy atom. The van der Waals surface area contributed by atoms with E-state index in [0.717, 1.165) is 48.8 Å². The molecule has 5 N–H and O–H groups in total. The van der Waals surface area contributed by atoms with Gasteiger partial charge in [-0.1, -0.05) is 18.3 Å². The Balaban J connectivity index is 1.49. The molecule has 4 bridgehead atoms. The van der Waals surface area contributed by atoms with Gasteiger partial charge in [0.2, 0.25) is 5.13 Å². The number of hydrogen-bond acceptors (Lipinski definition) is 8. The normalized spacial score (nSPS) is 36.3. The van der Waals surface area contributed by atoms with Crippen molar-refractivity contribution in [3.63, 3.8) is 0 Å². The molecule has 9 heteroatoms. The van der Waals surface area contributed by atoms with Crippen LogP contribution in [0.1, 0.15) is 45.4 Å². The predicted octanol–water partition coefficient (Wildman–Crippen LogP) is 2.94. The number of anilines is 2. The number of nitrogens with zero attached hydrogens (tertiary/aromatic N) is 4. The van der Waals surface area contributed by atoms with Crippen molar-refractivity contribution in [2.45, 2.75) is 56.6 Å². The van der Waals surface area contributed by atoms with Crippen molar-refractivity contribution in [3.05, 3.63) is 12.3 Å². The molecule has 2 unspecified atom stereocenters. The van der Waals surface area contributed by atoms with Crippen molar-refractivity contribution < 1.29 is 5.11 Å². The summed E-state index contributed by atoms with van der Waals surface area (Å²) in [7, 11) is 0. The number of nitrogen functional groups attached to an aromatic ring is 1. The Hall–Kier alpha value is -2.26. The van der Waals surface area contributed by atoms with Gasteiger partial charge in [-0.05, 0) is 55.9 Å². The van der Waals surface area contributed by atoms with Crippen LogP contribution in [0.15, 0.2) is 12.3 Å². The first-order chi connectivity index (χ1) is 13.3. The summed E-state index contributed by atoms with van der Waals surface area (Å²) < 4.78 is 0. The topological polar surface area (TPSA) is 126 Å². The highest BCUT2D eigenvalue weighted by molar-refractivity contribution is 7.18. The van der Waals surface area contributed by atoms with Crippen molar-refractivity contribution in [2.24, 2.45) is 11.3 Å². The lowest BCUT2D eigenvalue weighted by Gasteiger charge is -2.64. The summed E-state index contributed by atoms with van der Waals surface area (Å²) >= 11 is 1.31. The minimum Gasteiger partial charge on any atom is -0.390 e. The van der Waals surface area contributed by atoms with E-state index in [1.165, 1.54) is 17.8 Å². The van der Waals surface area contributed by atoms with Gasteiger partial charge in [-0.3, -0.25) is 0 Å². The molecule has 4 aliphatic rings. The van der Waals surface area contributed by atoms with Crippen LogP contribution in [0, 0.1) is 11.3 Å². The van der Waals surface area contributed by atoms with Crippen LogP contribution in [0.5, 0.6) is 0 Å². The highest BCUT2D eigenvalue weighted by Gasteiger charge is 2.61. The van der Waals surface area contributed by atoms with Crippen LogP contribution >= 0.6 is 11.3 Å². The Kier molecular flexibility index (Phi) is 3.10. The SMILES string of the molecule is C[C@]12C[C@H]3CC(O)(CC(Nc4c(-c5nnc(N)s5)nnc5[nH]ccc45)(C3)C1)C2. The third-order valence-corrected chi connectivity index (χ3v) is 7.59. The fourth-order valence-corrected chi connectivity index (χ4v) is 7.40. The Morgan fingerprint density at radius 1 is 1.18 bits per heavy atom. The minimum atomic E-state index is -0.563. The lowest BCUT2D eigenvalue weighted by Crippen LogP contribution is -2.65. The zero-order valence-corrected chi connectivity index (χ0v) is 16.5. The van der Waals surface area contributed by atoms with Gasteiger partial charge in [0, 0.05) is 17.1 Å². The highest BCUT2D eigenvalue weighted by atomic mass is 32.1. The van der Waals surface area contributed by atoms with Crippen LogP contribution in [0.3, 0.4) is 0 Å². The van der Waals surface area contributed by atoms with Crippen LogP contribution in [-0.4, -0.2) is 41.6 Å². The fourth-order valence-electron chi connectivity index (χ4n) is 6.80. The van der Waals surface area contributed by atoms with Gasteiger partial charge in [-0.2, -0.15) is 0 Å². The molecular formula is C19H23N7OS. The molecule has 0 aromatic carbocycles. The van der Waals surface area contributed by atoms with Crippen molar-refractivity contribution in [3.8, 4) is 10.7 Å². The number of rotatable bonds is 3. The lowest BCUT2D eigenvalue weighted by molar-refractivity contribution is -0.160. The molecule has 3 aromatic rings. The number of aliphatic hydroxyl groups is 1. The number of nitrogens with one attached hydrogen (secondary N) is 2. The molecule has 0 radical (unpaired) electrons. The molecule has 7 rings (SSSR count). The van der Waals surface area contributed by atoms with E-state index in [0.29, 0.717) is 21.8 Å². The fraction of sp³-hybridized carbons (Fsp3) is 0.579. The van der Waals surface area contributed by atoms with Gasteiger partial charge in [0.15, 0.2) is 10.7 Å². The predicted molar refractivity (Wildman–Crippen MR) is 108 cm³/mol. The van der Waals surface area contributed by atoms with Gasteiger partial charge in [-0.25, -0.2) is 0 Å². The Bertz CT molecular complexity index is 1070. The summed E-state index contributed by atoms with van der Waals surface area (Å²) in [5.74, 6) is 0.566. The molecule has 146 valence electrons. The number of nitrogens with two attached hydrogens (primary N) is 1. The van der Waals surface area contributed by atoms with E-state index in [1.807, 2.05) is 12.3 Å². The molecule has 3 heterocycles. The molecule has 4 aliphatic carbocycles. The summed E-state index contributed by atoms with van der Waals surface area (Å²) in [6, 6.07) is 2.01. The maximum Gasteiger partial charge on any atom is 0.203 e. The second-order valence-electron chi connectivity index (χ2n) is 9.56. The number of aromatic amines is 1. The average molecular weight is 398 g/mol. The van der Waals surface area contributed by atoms with Crippen LogP contribution in [0.25, 0.3) is 21.7 Å². The molecule has 4 fully saturated rings. The molecule has 4 saturated carbocycles. The minimum absolute atomic E-state index is 0.138. The van der Waals surface area contributed by atoms with Crippen LogP contribution in [-0.2, 0) is 0 Å². The summed E-state index contributed by atoms with van der Waals surface area (Å²) in [4.78, 5) is 3.15. The third kappa shape index (κ3) is 2.39. The smallest absolute Gasteiger partial charge is 0.203 e. The maximum atomic E-state index is 11.3. The Labute approximate surface area is 166 Å². The molecular weight excluding hydrogens is 374 g/mol. The van der Waals surface area contributed by atoms with Gasteiger partial charge < -0.3 is 21.1 Å². The summed E-state index contributed by atoms with van der Waals surface area (Å²) in [5, 5.41) is 34.1.